The molecule has 1 N–H and O–H groups in total. The molecule has 0 spiro atoms. The van der Waals surface area contributed by atoms with Crippen molar-refractivity contribution in [3.8, 4) is 5.75 Å². The van der Waals surface area contributed by atoms with Gasteiger partial charge in [0, 0.05) is 15.2 Å². The molecule has 33 heavy (non-hydrogen) atoms. The summed E-state index contributed by atoms with van der Waals surface area (Å²) >= 11 is 1.06. The average Bonchev–Trinajstić information content (AvgIpc) is 2.67. The van der Waals surface area contributed by atoms with Crippen molar-refractivity contribution >= 4 is 40.0 Å². The number of aromatic nitrogens is 1. The van der Waals surface area contributed by atoms with Crippen molar-refractivity contribution in [3.63, 3.8) is 0 Å². The van der Waals surface area contributed by atoms with Crippen molar-refractivity contribution < 1.29 is 54.0 Å². The van der Waals surface area contributed by atoms with Gasteiger partial charge in [-0.15, -0.1) is 0 Å². The zero-order valence-electron chi connectivity index (χ0n) is 15.3. The Kier molecular flexibility index (Phi) is 7.34. The minimum Gasteiger partial charge on any atom is -0.433 e. The number of hydrogen-bond donors (Lipinski definition) is 1. The molecule has 0 bridgehead atoms. The van der Waals surface area contributed by atoms with Crippen LogP contribution in [0.2, 0.25) is 0 Å². The SMILES string of the molecule is O=C(Nc1c(I)cc(C(F)(C(F)(F)F)C(F)(F)F)cc1OC(F)F)c1cccc([N+](=O)[O-])n1. The van der Waals surface area contributed by atoms with Gasteiger partial charge in [0.05, 0.1) is 5.69 Å². The summed E-state index contributed by atoms with van der Waals surface area (Å²) in [5.41, 5.74) is -9.60. The van der Waals surface area contributed by atoms with E-state index in [9.17, 15) is 54.4 Å². The Bertz CT molecular complexity index is 1060. The number of halogens is 10. The standard InChI is InChI=1S/C16H7F9IN3O4/c17-13(18)33-9-5-6(14(19,15(20,21)22)16(23,24)25)4-7(26)11(9)28-12(30)8-2-1-3-10(27-8)29(31)32/h1-5,13H,(H,28,30). The Morgan fingerprint density at radius 2 is 1.67 bits per heavy atom. The van der Waals surface area contributed by atoms with Crippen LogP contribution in [0.3, 0.4) is 0 Å². The second-order valence-electron chi connectivity index (χ2n) is 5.96. The Morgan fingerprint density at radius 1 is 1.09 bits per heavy atom. The Morgan fingerprint density at radius 3 is 2.15 bits per heavy atom. The van der Waals surface area contributed by atoms with E-state index < -0.39 is 67.5 Å². The summed E-state index contributed by atoms with van der Waals surface area (Å²) in [6.45, 7) is -3.80. The summed E-state index contributed by atoms with van der Waals surface area (Å²) < 4.78 is 121. The molecule has 0 saturated carbocycles. The molecule has 1 amide bonds. The second kappa shape index (κ2) is 9.18. The summed E-state index contributed by atoms with van der Waals surface area (Å²) in [4.78, 5) is 25.4. The van der Waals surface area contributed by atoms with Crippen LogP contribution in [0, 0.1) is 13.7 Å². The van der Waals surface area contributed by atoms with Crippen LogP contribution in [0.5, 0.6) is 5.75 Å². The van der Waals surface area contributed by atoms with Gasteiger partial charge in [0.25, 0.3) is 5.91 Å². The van der Waals surface area contributed by atoms with Crippen LogP contribution >= 0.6 is 22.6 Å². The molecular weight excluding hydrogens is 596 g/mol. The number of carbonyl (C=O) groups is 1. The molecular formula is C16H7F9IN3O4. The molecule has 2 rings (SSSR count). The summed E-state index contributed by atoms with van der Waals surface area (Å²) in [7, 11) is 0. The molecule has 7 nitrogen and oxygen atoms in total. The molecule has 0 aliphatic carbocycles. The maximum absolute atomic E-state index is 14.4. The lowest BCUT2D eigenvalue weighted by Gasteiger charge is -2.31. The number of carbonyl (C=O) groups excluding carboxylic acids is 1. The lowest BCUT2D eigenvalue weighted by Crippen LogP contribution is -2.50. The summed E-state index contributed by atoms with van der Waals surface area (Å²) in [5, 5.41) is 12.6. The number of anilines is 1. The van der Waals surface area contributed by atoms with Crippen molar-refractivity contribution in [1.29, 1.82) is 0 Å². The van der Waals surface area contributed by atoms with Gasteiger partial charge in [-0.25, -0.2) is 4.39 Å². The van der Waals surface area contributed by atoms with Gasteiger partial charge < -0.3 is 20.2 Å². The number of nitrogens with one attached hydrogen (secondary N) is 1. The van der Waals surface area contributed by atoms with Crippen molar-refractivity contribution in [1.82, 2.24) is 4.98 Å². The van der Waals surface area contributed by atoms with Crippen LogP contribution in [0.1, 0.15) is 16.1 Å². The molecule has 0 radical (unpaired) electrons. The van der Waals surface area contributed by atoms with Gasteiger partial charge in [-0.2, -0.15) is 35.1 Å². The van der Waals surface area contributed by atoms with E-state index in [1.54, 1.807) is 0 Å². The van der Waals surface area contributed by atoms with Crippen molar-refractivity contribution in [3.05, 3.63) is 55.3 Å². The molecule has 0 aliphatic heterocycles. The maximum atomic E-state index is 14.4. The lowest BCUT2D eigenvalue weighted by atomic mass is 9.93. The van der Waals surface area contributed by atoms with Gasteiger partial charge in [0.15, 0.2) is 5.75 Å². The van der Waals surface area contributed by atoms with Crippen molar-refractivity contribution in [2.24, 2.45) is 0 Å². The Hall–Kier alpha value is -2.86. The topological polar surface area (TPSA) is 94.4 Å². The molecule has 1 heterocycles. The molecule has 0 saturated heterocycles. The molecule has 0 fully saturated rings. The monoisotopic (exact) mass is 603 g/mol. The number of nitrogens with zero attached hydrogens (tertiary/aromatic N) is 2. The number of alkyl halides is 9. The third-order valence-corrected chi connectivity index (χ3v) is 4.69. The van der Waals surface area contributed by atoms with E-state index >= 15 is 0 Å². The van der Waals surface area contributed by atoms with Gasteiger partial charge in [-0.05, 0) is 56.8 Å². The lowest BCUT2D eigenvalue weighted by molar-refractivity contribution is -0.389. The Balaban J connectivity index is 2.62. The molecule has 0 unspecified atom stereocenters. The molecule has 2 aromatic rings. The summed E-state index contributed by atoms with van der Waals surface area (Å²) in [6, 6.07) is 2.60. The van der Waals surface area contributed by atoms with Crippen molar-refractivity contribution in [2.75, 3.05) is 5.32 Å². The predicted octanol–water partition coefficient (Wildman–Crippen LogP) is 5.74. The third kappa shape index (κ3) is 5.38. The third-order valence-electron chi connectivity index (χ3n) is 3.84. The Labute approximate surface area is 190 Å². The minimum absolute atomic E-state index is 0.0242. The van der Waals surface area contributed by atoms with Gasteiger partial charge in [-0.1, -0.05) is 0 Å². The highest BCUT2D eigenvalue weighted by Gasteiger charge is 2.73. The number of pyridine rings is 1. The number of rotatable bonds is 6. The molecule has 1 aromatic heterocycles. The smallest absolute Gasteiger partial charge is 0.433 e. The zero-order valence-corrected chi connectivity index (χ0v) is 17.4. The van der Waals surface area contributed by atoms with Crippen LogP contribution in [0.4, 0.5) is 51.0 Å². The first-order valence-electron chi connectivity index (χ1n) is 8.03. The van der Waals surface area contributed by atoms with Gasteiger partial charge in [0.2, 0.25) is 5.69 Å². The molecule has 0 atom stereocenters. The quantitative estimate of drug-likeness (QED) is 0.197. The molecule has 17 heteroatoms. The van der Waals surface area contributed by atoms with E-state index in [1.165, 1.54) is 0 Å². The molecule has 1 aromatic carbocycles. The van der Waals surface area contributed by atoms with Gasteiger partial charge >= 0.3 is 30.5 Å². The predicted molar refractivity (Wildman–Crippen MR) is 99.5 cm³/mol. The van der Waals surface area contributed by atoms with Gasteiger partial charge in [0.1, 0.15) is 0 Å². The van der Waals surface area contributed by atoms with E-state index in [0.29, 0.717) is 0 Å². The summed E-state index contributed by atoms with van der Waals surface area (Å²) in [5.74, 6) is -3.54. The van der Waals surface area contributed by atoms with Crippen LogP contribution < -0.4 is 10.1 Å². The van der Waals surface area contributed by atoms with Crippen molar-refractivity contribution in [2.45, 2.75) is 24.6 Å². The number of ether oxygens (including phenoxy) is 1. The fraction of sp³-hybridized carbons (Fsp3) is 0.250. The highest BCUT2D eigenvalue weighted by Crippen LogP contribution is 2.54. The van der Waals surface area contributed by atoms with E-state index in [2.05, 4.69) is 9.72 Å². The molecule has 180 valence electrons. The largest absolute Gasteiger partial charge is 0.435 e. The first-order valence-corrected chi connectivity index (χ1v) is 9.11. The number of nitro groups is 1. The van der Waals surface area contributed by atoms with Crippen LogP contribution in [-0.4, -0.2) is 34.8 Å². The fourth-order valence-corrected chi connectivity index (χ4v) is 3.14. The van der Waals surface area contributed by atoms with Crippen LogP contribution in [0.15, 0.2) is 30.3 Å². The van der Waals surface area contributed by atoms with Gasteiger partial charge in [-0.3, -0.25) is 4.79 Å². The highest BCUT2D eigenvalue weighted by molar-refractivity contribution is 14.1. The number of benzene rings is 1. The van der Waals surface area contributed by atoms with Crippen LogP contribution in [0.25, 0.3) is 0 Å². The average molecular weight is 603 g/mol. The van der Waals surface area contributed by atoms with E-state index in [4.69, 9.17) is 0 Å². The van der Waals surface area contributed by atoms with Crippen LogP contribution in [-0.2, 0) is 5.67 Å². The fourth-order valence-electron chi connectivity index (χ4n) is 2.41. The highest BCUT2D eigenvalue weighted by atomic mass is 127. The first-order chi connectivity index (χ1) is 15.0. The molecule has 0 aliphatic rings. The first kappa shape index (κ1) is 26.4. The minimum atomic E-state index is -6.53. The number of hydrogen-bond acceptors (Lipinski definition) is 5. The zero-order chi connectivity index (χ0) is 25.4. The van der Waals surface area contributed by atoms with E-state index in [0.717, 1.165) is 40.8 Å². The second-order valence-corrected chi connectivity index (χ2v) is 7.12. The maximum Gasteiger partial charge on any atom is 0.435 e. The van der Waals surface area contributed by atoms with E-state index in [-0.39, 0.29) is 12.1 Å². The normalized spacial score (nSPS) is 12.6. The summed E-state index contributed by atoms with van der Waals surface area (Å²) in [6.07, 6.45) is -13.1. The number of amides is 1. The van der Waals surface area contributed by atoms with E-state index in [1.807, 2.05) is 5.32 Å².